The van der Waals surface area contributed by atoms with Gasteiger partial charge in [0.25, 0.3) is 0 Å². The van der Waals surface area contributed by atoms with Crippen molar-refractivity contribution in [1.82, 2.24) is 0 Å². The van der Waals surface area contributed by atoms with Crippen molar-refractivity contribution in [2.24, 2.45) is 0 Å². The highest BCUT2D eigenvalue weighted by Crippen LogP contribution is 2.39. The van der Waals surface area contributed by atoms with E-state index in [1.54, 1.807) is 6.07 Å². The van der Waals surface area contributed by atoms with Crippen molar-refractivity contribution in [3.8, 4) is 11.1 Å². The van der Waals surface area contributed by atoms with E-state index in [-0.39, 0.29) is 5.78 Å². The predicted octanol–water partition coefficient (Wildman–Crippen LogP) is 4.70. The SMILES string of the molecule is O=C1c2ccc(Cl)cc2-c2cc3ccccc3cc21. The van der Waals surface area contributed by atoms with Crippen LogP contribution in [0.3, 0.4) is 0 Å². The minimum Gasteiger partial charge on any atom is -0.289 e. The summed E-state index contributed by atoms with van der Waals surface area (Å²) in [6.07, 6.45) is 0. The Morgan fingerprint density at radius 3 is 2.05 bits per heavy atom. The third-order valence-electron chi connectivity index (χ3n) is 3.65. The average molecular weight is 265 g/mol. The van der Waals surface area contributed by atoms with Gasteiger partial charge in [-0.1, -0.05) is 35.9 Å². The first-order chi connectivity index (χ1) is 9.24. The fourth-order valence-corrected chi connectivity index (χ4v) is 2.91. The van der Waals surface area contributed by atoms with Gasteiger partial charge in [0.1, 0.15) is 0 Å². The zero-order chi connectivity index (χ0) is 13.0. The standard InChI is InChI=1S/C17H9ClO/c18-12-5-6-13-15(9-12)14-7-10-3-1-2-4-11(10)8-16(14)17(13)19/h1-9H. The van der Waals surface area contributed by atoms with Gasteiger partial charge in [-0.15, -0.1) is 0 Å². The Morgan fingerprint density at radius 2 is 1.32 bits per heavy atom. The van der Waals surface area contributed by atoms with E-state index in [0.717, 1.165) is 33.0 Å². The highest BCUT2D eigenvalue weighted by molar-refractivity contribution is 6.32. The van der Waals surface area contributed by atoms with Crippen LogP contribution in [0, 0.1) is 0 Å². The molecule has 0 aromatic heterocycles. The van der Waals surface area contributed by atoms with E-state index >= 15 is 0 Å². The lowest BCUT2D eigenvalue weighted by Gasteiger charge is -2.03. The van der Waals surface area contributed by atoms with Gasteiger partial charge in [-0.25, -0.2) is 0 Å². The van der Waals surface area contributed by atoms with Gasteiger partial charge in [0.2, 0.25) is 0 Å². The van der Waals surface area contributed by atoms with Gasteiger partial charge in [0.05, 0.1) is 0 Å². The number of carbonyl (C=O) groups excluding carboxylic acids is 1. The van der Waals surface area contributed by atoms with Crippen molar-refractivity contribution in [3.63, 3.8) is 0 Å². The van der Waals surface area contributed by atoms with Crippen molar-refractivity contribution >= 4 is 28.2 Å². The number of benzene rings is 3. The number of fused-ring (bicyclic) bond motifs is 4. The summed E-state index contributed by atoms with van der Waals surface area (Å²) in [6, 6.07) is 17.6. The Morgan fingerprint density at radius 1 is 0.684 bits per heavy atom. The van der Waals surface area contributed by atoms with Crippen molar-refractivity contribution < 1.29 is 4.79 Å². The molecule has 0 saturated heterocycles. The van der Waals surface area contributed by atoms with Gasteiger partial charge in [-0.05, 0) is 52.2 Å². The van der Waals surface area contributed by atoms with Crippen LogP contribution in [-0.4, -0.2) is 5.78 Å². The van der Waals surface area contributed by atoms with Crippen LogP contribution in [0.5, 0.6) is 0 Å². The molecule has 0 fully saturated rings. The van der Waals surface area contributed by atoms with Crippen molar-refractivity contribution in [3.05, 3.63) is 70.7 Å². The summed E-state index contributed by atoms with van der Waals surface area (Å²) in [5.41, 5.74) is 3.45. The van der Waals surface area contributed by atoms with E-state index in [2.05, 4.69) is 12.1 Å². The van der Waals surface area contributed by atoms with Crippen molar-refractivity contribution in [2.45, 2.75) is 0 Å². The topological polar surface area (TPSA) is 17.1 Å². The summed E-state index contributed by atoms with van der Waals surface area (Å²) in [5, 5.41) is 2.89. The maximum Gasteiger partial charge on any atom is 0.194 e. The van der Waals surface area contributed by atoms with Crippen LogP contribution in [0.2, 0.25) is 5.02 Å². The van der Waals surface area contributed by atoms with Gasteiger partial charge in [-0.3, -0.25) is 4.79 Å². The van der Waals surface area contributed by atoms with E-state index in [1.165, 1.54) is 0 Å². The summed E-state index contributed by atoms with van der Waals surface area (Å²) in [5.74, 6) is 0.0902. The second kappa shape index (κ2) is 3.69. The second-order valence-corrected chi connectivity index (χ2v) is 5.20. The number of ketones is 1. The predicted molar refractivity (Wildman–Crippen MR) is 77.8 cm³/mol. The van der Waals surface area contributed by atoms with Crippen LogP contribution in [0.4, 0.5) is 0 Å². The molecule has 0 unspecified atom stereocenters. The lowest BCUT2D eigenvalue weighted by Crippen LogP contribution is -1.94. The number of hydrogen-bond donors (Lipinski definition) is 0. The van der Waals surface area contributed by atoms with Crippen LogP contribution < -0.4 is 0 Å². The number of carbonyl (C=O) groups is 1. The van der Waals surface area contributed by atoms with Crippen molar-refractivity contribution in [1.29, 1.82) is 0 Å². The largest absolute Gasteiger partial charge is 0.289 e. The first-order valence-corrected chi connectivity index (χ1v) is 6.49. The fourth-order valence-electron chi connectivity index (χ4n) is 2.73. The monoisotopic (exact) mass is 264 g/mol. The number of halogens is 1. The summed E-state index contributed by atoms with van der Waals surface area (Å²) in [6.45, 7) is 0. The van der Waals surface area contributed by atoms with E-state index in [4.69, 9.17) is 11.6 Å². The molecule has 0 amide bonds. The summed E-state index contributed by atoms with van der Waals surface area (Å²) < 4.78 is 0. The highest BCUT2D eigenvalue weighted by Gasteiger charge is 2.26. The molecule has 90 valence electrons. The molecule has 0 heterocycles. The molecule has 0 atom stereocenters. The Labute approximate surface area is 115 Å². The number of hydrogen-bond acceptors (Lipinski definition) is 1. The smallest absolute Gasteiger partial charge is 0.194 e. The average Bonchev–Trinajstić information content (AvgIpc) is 2.69. The minimum atomic E-state index is 0.0902. The normalized spacial score (nSPS) is 12.6. The lowest BCUT2D eigenvalue weighted by atomic mass is 10.0. The van der Waals surface area contributed by atoms with Crippen LogP contribution in [0.25, 0.3) is 21.9 Å². The van der Waals surface area contributed by atoms with Gasteiger partial charge in [0.15, 0.2) is 5.78 Å². The molecule has 3 aromatic rings. The first-order valence-electron chi connectivity index (χ1n) is 6.11. The van der Waals surface area contributed by atoms with Crippen LogP contribution >= 0.6 is 11.6 Å². The zero-order valence-electron chi connectivity index (χ0n) is 9.98. The van der Waals surface area contributed by atoms with E-state index in [9.17, 15) is 4.79 Å². The molecular weight excluding hydrogens is 256 g/mol. The van der Waals surface area contributed by atoms with E-state index < -0.39 is 0 Å². The molecule has 0 bridgehead atoms. The Balaban J connectivity index is 2.12. The molecule has 2 heteroatoms. The highest BCUT2D eigenvalue weighted by atomic mass is 35.5. The summed E-state index contributed by atoms with van der Waals surface area (Å²) >= 11 is 6.04. The van der Waals surface area contributed by atoms with Crippen LogP contribution in [0.1, 0.15) is 15.9 Å². The first kappa shape index (κ1) is 10.8. The van der Waals surface area contributed by atoms with Gasteiger partial charge < -0.3 is 0 Å². The van der Waals surface area contributed by atoms with Gasteiger partial charge >= 0.3 is 0 Å². The van der Waals surface area contributed by atoms with Gasteiger partial charge in [-0.2, -0.15) is 0 Å². The zero-order valence-corrected chi connectivity index (χ0v) is 10.7. The fraction of sp³-hybridized carbons (Fsp3) is 0. The van der Waals surface area contributed by atoms with Gasteiger partial charge in [0, 0.05) is 16.1 Å². The third kappa shape index (κ3) is 1.45. The number of rotatable bonds is 0. The molecular formula is C17H9ClO. The maximum atomic E-state index is 12.4. The molecule has 4 rings (SSSR count). The Bertz CT molecular complexity index is 849. The molecule has 1 aliphatic rings. The molecule has 1 aliphatic carbocycles. The molecule has 0 radical (unpaired) electrons. The molecule has 0 aliphatic heterocycles. The lowest BCUT2D eigenvalue weighted by molar-refractivity contribution is 0.104. The summed E-state index contributed by atoms with van der Waals surface area (Å²) in [4.78, 5) is 12.4. The Hall–Kier alpha value is -2.12. The maximum absolute atomic E-state index is 12.4. The molecule has 3 aromatic carbocycles. The van der Waals surface area contributed by atoms with E-state index in [0.29, 0.717) is 5.02 Å². The molecule has 0 N–H and O–H groups in total. The third-order valence-corrected chi connectivity index (χ3v) is 3.88. The Kier molecular flexibility index (Phi) is 2.09. The quantitative estimate of drug-likeness (QED) is 0.450. The van der Waals surface area contributed by atoms with Crippen LogP contribution in [-0.2, 0) is 0 Å². The molecule has 1 nitrogen and oxygen atoms in total. The summed E-state index contributed by atoms with van der Waals surface area (Å²) in [7, 11) is 0. The molecule has 0 saturated carbocycles. The van der Waals surface area contributed by atoms with Crippen molar-refractivity contribution in [2.75, 3.05) is 0 Å². The van der Waals surface area contributed by atoms with Crippen LogP contribution in [0.15, 0.2) is 54.6 Å². The molecule has 19 heavy (non-hydrogen) atoms. The van der Waals surface area contributed by atoms with E-state index in [1.807, 2.05) is 36.4 Å². The second-order valence-electron chi connectivity index (χ2n) is 4.76. The molecule has 0 spiro atoms. The minimum absolute atomic E-state index is 0.0902.